The van der Waals surface area contributed by atoms with Gasteiger partial charge in [0.2, 0.25) is 0 Å². The summed E-state index contributed by atoms with van der Waals surface area (Å²) in [4.78, 5) is 0. The molecule has 1 aliphatic rings. The van der Waals surface area contributed by atoms with Gasteiger partial charge in [0, 0.05) is 5.02 Å². The van der Waals surface area contributed by atoms with Crippen molar-refractivity contribution in [1.29, 1.82) is 0 Å². The van der Waals surface area contributed by atoms with Crippen molar-refractivity contribution in [1.82, 2.24) is 0 Å². The number of alkyl halides is 1. The van der Waals surface area contributed by atoms with Crippen LogP contribution in [0.15, 0.2) is 24.3 Å². The molecule has 1 aromatic rings. The fourth-order valence-electron chi connectivity index (χ4n) is 2.01. The number of hydrogen-bond acceptors (Lipinski definition) is 3. The van der Waals surface area contributed by atoms with Gasteiger partial charge >= 0.3 is 0 Å². The molecule has 5 heteroatoms. The van der Waals surface area contributed by atoms with Crippen molar-refractivity contribution in [2.45, 2.75) is 19.6 Å². The van der Waals surface area contributed by atoms with Crippen LogP contribution in [0.2, 0.25) is 5.02 Å². The maximum absolute atomic E-state index is 5.85. The first-order valence-corrected chi connectivity index (χ1v) is 7.71. The van der Waals surface area contributed by atoms with Gasteiger partial charge in [0.25, 0.3) is 0 Å². The average molecular weight is 350 g/mol. The third kappa shape index (κ3) is 3.24. The van der Waals surface area contributed by atoms with Gasteiger partial charge in [-0.3, -0.25) is 0 Å². The molecule has 1 aromatic carbocycles. The first-order valence-electron chi connectivity index (χ1n) is 6.21. The molecule has 3 nitrogen and oxygen atoms in total. The molecule has 0 radical (unpaired) electrons. The lowest BCUT2D eigenvalue weighted by atomic mass is 9.85. The summed E-state index contributed by atoms with van der Waals surface area (Å²) in [6, 6.07) is 7.34. The molecular weight excluding hydrogens is 332 g/mol. The fraction of sp³-hybridized carbons (Fsp3) is 0.571. The SMILES string of the molecule is CC(C)(COc1ccc(Cl)cc1)C1(CBr)OCCO1. The van der Waals surface area contributed by atoms with Crippen LogP contribution in [-0.2, 0) is 9.47 Å². The van der Waals surface area contributed by atoms with Gasteiger partial charge in [-0.15, -0.1) is 0 Å². The van der Waals surface area contributed by atoms with Crippen LogP contribution in [0.3, 0.4) is 0 Å². The summed E-state index contributed by atoms with van der Waals surface area (Å²) in [5.41, 5.74) is -0.271. The molecule has 0 amide bonds. The molecule has 1 aliphatic heterocycles. The van der Waals surface area contributed by atoms with Gasteiger partial charge in [-0.05, 0) is 24.3 Å². The molecule has 0 atom stereocenters. The van der Waals surface area contributed by atoms with Crippen molar-refractivity contribution in [3.63, 3.8) is 0 Å². The molecule has 1 fully saturated rings. The Balaban J connectivity index is 2.02. The quantitative estimate of drug-likeness (QED) is 0.755. The van der Waals surface area contributed by atoms with Crippen LogP contribution in [0.25, 0.3) is 0 Å². The van der Waals surface area contributed by atoms with Crippen LogP contribution in [0.5, 0.6) is 5.75 Å². The van der Waals surface area contributed by atoms with Gasteiger partial charge in [0.05, 0.1) is 30.6 Å². The van der Waals surface area contributed by atoms with Crippen molar-refractivity contribution in [2.75, 3.05) is 25.2 Å². The Kier molecular flexibility index (Phi) is 4.77. The highest BCUT2D eigenvalue weighted by atomic mass is 79.9. The summed E-state index contributed by atoms with van der Waals surface area (Å²) < 4.78 is 17.4. The predicted octanol–water partition coefficient (Wildman–Crippen LogP) is 3.88. The van der Waals surface area contributed by atoms with Gasteiger partial charge in [-0.25, -0.2) is 0 Å². The van der Waals surface area contributed by atoms with Crippen LogP contribution in [0, 0.1) is 5.41 Å². The van der Waals surface area contributed by atoms with E-state index in [0.717, 1.165) is 5.75 Å². The van der Waals surface area contributed by atoms with E-state index in [9.17, 15) is 0 Å². The first-order chi connectivity index (χ1) is 8.99. The molecule has 0 aromatic heterocycles. The van der Waals surface area contributed by atoms with E-state index in [0.29, 0.717) is 30.2 Å². The van der Waals surface area contributed by atoms with E-state index in [2.05, 4.69) is 29.8 Å². The number of halogens is 2. The highest BCUT2D eigenvalue weighted by Crippen LogP contribution is 2.40. The van der Waals surface area contributed by atoms with Crippen LogP contribution in [0.4, 0.5) is 0 Å². The van der Waals surface area contributed by atoms with Crippen LogP contribution in [0.1, 0.15) is 13.8 Å². The van der Waals surface area contributed by atoms with Gasteiger partial charge < -0.3 is 14.2 Å². The Labute approximate surface area is 127 Å². The number of ether oxygens (including phenoxy) is 3. The first kappa shape index (κ1) is 15.1. The van der Waals surface area contributed by atoms with Crippen molar-refractivity contribution in [2.24, 2.45) is 5.41 Å². The molecule has 106 valence electrons. The largest absolute Gasteiger partial charge is 0.493 e. The van der Waals surface area contributed by atoms with Gasteiger partial charge in [-0.2, -0.15) is 0 Å². The molecule has 0 spiro atoms. The van der Waals surface area contributed by atoms with E-state index in [1.165, 1.54) is 0 Å². The van der Waals surface area contributed by atoms with E-state index >= 15 is 0 Å². The summed E-state index contributed by atoms with van der Waals surface area (Å²) in [5, 5.41) is 1.32. The minimum Gasteiger partial charge on any atom is -0.493 e. The molecule has 0 unspecified atom stereocenters. The van der Waals surface area contributed by atoms with E-state index in [1.807, 2.05) is 24.3 Å². The van der Waals surface area contributed by atoms with Gasteiger partial charge in [0.15, 0.2) is 5.79 Å². The topological polar surface area (TPSA) is 27.7 Å². The zero-order valence-electron chi connectivity index (χ0n) is 11.1. The Morgan fingerprint density at radius 2 is 1.84 bits per heavy atom. The summed E-state index contributed by atoms with van der Waals surface area (Å²) in [6.45, 7) is 5.90. The molecule has 19 heavy (non-hydrogen) atoms. The van der Waals surface area contributed by atoms with Crippen LogP contribution < -0.4 is 4.74 Å². The predicted molar refractivity (Wildman–Crippen MR) is 79.2 cm³/mol. The number of hydrogen-bond donors (Lipinski definition) is 0. The highest BCUT2D eigenvalue weighted by molar-refractivity contribution is 9.09. The smallest absolute Gasteiger partial charge is 0.186 e. The second kappa shape index (κ2) is 6.00. The molecular formula is C14H18BrClO3. The molecule has 2 rings (SSSR count). The molecule has 1 saturated heterocycles. The lowest BCUT2D eigenvalue weighted by Crippen LogP contribution is -2.50. The minimum atomic E-state index is -0.626. The van der Waals surface area contributed by atoms with E-state index in [4.69, 9.17) is 25.8 Å². The monoisotopic (exact) mass is 348 g/mol. The summed E-state index contributed by atoms with van der Waals surface area (Å²) >= 11 is 9.33. The molecule has 1 heterocycles. The fourth-order valence-corrected chi connectivity index (χ4v) is 3.22. The molecule has 0 saturated carbocycles. The Hall–Kier alpha value is -0.290. The Bertz CT molecular complexity index is 413. The zero-order chi connectivity index (χ0) is 13.9. The van der Waals surface area contributed by atoms with Crippen molar-refractivity contribution in [3.05, 3.63) is 29.3 Å². The summed E-state index contributed by atoms with van der Waals surface area (Å²) in [7, 11) is 0. The van der Waals surface area contributed by atoms with Crippen molar-refractivity contribution >= 4 is 27.5 Å². The lowest BCUT2D eigenvalue weighted by Gasteiger charge is -2.40. The minimum absolute atomic E-state index is 0.271. The maximum Gasteiger partial charge on any atom is 0.186 e. The van der Waals surface area contributed by atoms with Crippen molar-refractivity contribution < 1.29 is 14.2 Å². The Morgan fingerprint density at radius 3 is 2.37 bits per heavy atom. The average Bonchev–Trinajstić information content (AvgIpc) is 2.89. The standard InChI is InChI=1S/C14H18BrClO3/c1-13(2,14(9-15)18-7-8-19-14)10-17-12-5-3-11(16)4-6-12/h3-6H,7-10H2,1-2H3. The number of rotatable bonds is 5. The second-order valence-corrected chi connectivity index (χ2v) is 6.21. The van der Waals surface area contributed by atoms with Gasteiger partial charge in [0.1, 0.15) is 5.75 Å². The number of benzene rings is 1. The van der Waals surface area contributed by atoms with Crippen molar-refractivity contribution in [3.8, 4) is 5.75 Å². The molecule has 0 N–H and O–H groups in total. The second-order valence-electron chi connectivity index (χ2n) is 5.21. The highest BCUT2D eigenvalue weighted by Gasteiger charge is 2.50. The molecule has 0 bridgehead atoms. The summed E-state index contributed by atoms with van der Waals surface area (Å²) in [5.74, 6) is 0.166. The zero-order valence-corrected chi connectivity index (χ0v) is 13.5. The van der Waals surface area contributed by atoms with E-state index in [-0.39, 0.29) is 5.41 Å². The van der Waals surface area contributed by atoms with E-state index in [1.54, 1.807) is 0 Å². The third-order valence-corrected chi connectivity index (χ3v) is 4.36. The lowest BCUT2D eigenvalue weighted by molar-refractivity contribution is -0.217. The van der Waals surface area contributed by atoms with Crippen LogP contribution in [-0.4, -0.2) is 30.9 Å². The van der Waals surface area contributed by atoms with E-state index < -0.39 is 5.79 Å². The third-order valence-electron chi connectivity index (χ3n) is 3.37. The van der Waals surface area contributed by atoms with Crippen LogP contribution >= 0.6 is 27.5 Å². The normalized spacial score (nSPS) is 18.5. The summed E-state index contributed by atoms with van der Waals surface area (Å²) in [6.07, 6.45) is 0. The Morgan fingerprint density at radius 1 is 1.26 bits per heavy atom. The maximum atomic E-state index is 5.85. The van der Waals surface area contributed by atoms with Gasteiger partial charge in [-0.1, -0.05) is 41.4 Å². The molecule has 0 aliphatic carbocycles.